The molecule has 3 heterocycles. The molecule has 0 aliphatic heterocycles. The van der Waals surface area contributed by atoms with E-state index in [1.807, 2.05) is 32.0 Å². The molecule has 1 saturated carbocycles. The minimum atomic E-state index is -2.56. The number of nitrogens with one attached hydrogen (secondary N) is 1. The van der Waals surface area contributed by atoms with Gasteiger partial charge in [-0.05, 0) is 50.5 Å². The highest BCUT2D eigenvalue weighted by atomic mass is 79.9. The highest BCUT2D eigenvalue weighted by Crippen LogP contribution is 2.35. The summed E-state index contributed by atoms with van der Waals surface area (Å²) in [7, 11) is 0. The quantitative estimate of drug-likeness (QED) is 0.514. The fourth-order valence-corrected chi connectivity index (χ4v) is 4.11. The fraction of sp³-hybridized carbons (Fsp3) is 0.450. The van der Waals surface area contributed by atoms with Gasteiger partial charge in [-0.25, -0.2) is 23.4 Å². The van der Waals surface area contributed by atoms with Crippen molar-refractivity contribution in [1.29, 1.82) is 0 Å². The van der Waals surface area contributed by atoms with Gasteiger partial charge in [0.25, 0.3) is 0 Å². The van der Waals surface area contributed by atoms with E-state index in [1.165, 1.54) is 6.26 Å². The molecule has 29 heavy (non-hydrogen) atoms. The molecule has 1 aliphatic rings. The van der Waals surface area contributed by atoms with Crippen LogP contribution in [-0.2, 0) is 0 Å². The molecule has 0 spiro atoms. The topological polar surface area (TPSA) is 68.8 Å². The average molecular weight is 466 g/mol. The van der Waals surface area contributed by atoms with Crippen LogP contribution in [0.1, 0.15) is 53.4 Å². The molecule has 3 aromatic heterocycles. The highest BCUT2D eigenvalue weighted by molar-refractivity contribution is 9.09. The van der Waals surface area contributed by atoms with E-state index in [4.69, 9.17) is 9.40 Å². The maximum Gasteiger partial charge on any atom is 0.248 e. The Balaban J connectivity index is 1.67. The Labute approximate surface area is 175 Å². The van der Waals surface area contributed by atoms with E-state index in [9.17, 15) is 8.78 Å². The number of anilines is 1. The van der Waals surface area contributed by atoms with Crippen LogP contribution in [0.5, 0.6) is 0 Å². The molecule has 1 fully saturated rings. The van der Waals surface area contributed by atoms with Crippen molar-refractivity contribution in [3.8, 4) is 5.82 Å². The smallest absolute Gasteiger partial charge is 0.248 e. The number of hydrogen-bond donors (Lipinski definition) is 1. The van der Waals surface area contributed by atoms with Gasteiger partial charge in [0.15, 0.2) is 5.82 Å². The lowest BCUT2D eigenvalue weighted by molar-refractivity contribution is -0.0361. The Hall–Kier alpha value is -2.29. The van der Waals surface area contributed by atoms with E-state index in [0.29, 0.717) is 30.4 Å². The molecular weight excluding hydrogens is 444 g/mol. The largest absolute Gasteiger partial charge is 0.447 e. The maximum absolute atomic E-state index is 13.5. The van der Waals surface area contributed by atoms with E-state index in [-0.39, 0.29) is 23.7 Å². The van der Waals surface area contributed by atoms with Crippen molar-refractivity contribution in [3.63, 3.8) is 0 Å². The monoisotopic (exact) mass is 465 g/mol. The molecule has 3 aromatic rings. The van der Waals surface area contributed by atoms with Crippen LogP contribution in [0, 0.1) is 13.8 Å². The summed E-state index contributed by atoms with van der Waals surface area (Å²) in [6.45, 7) is 3.89. The molecular formula is C20H22BrF2N5O. The number of alkyl halides is 3. The zero-order valence-corrected chi connectivity index (χ0v) is 17.8. The average Bonchev–Trinajstić information content (AvgIpc) is 3.32. The number of aromatic nitrogens is 4. The van der Waals surface area contributed by atoms with Gasteiger partial charge in [-0.2, -0.15) is 5.10 Å². The normalized spacial score (nSPS) is 18.0. The third-order valence-electron chi connectivity index (χ3n) is 5.09. The minimum Gasteiger partial charge on any atom is -0.447 e. The predicted molar refractivity (Wildman–Crippen MR) is 109 cm³/mol. The van der Waals surface area contributed by atoms with E-state index in [1.54, 1.807) is 10.9 Å². The summed E-state index contributed by atoms with van der Waals surface area (Å²) in [6.07, 6.45) is 3.72. The number of rotatable bonds is 5. The third kappa shape index (κ3) is 4.49. The zero-order valence-electron chi connectivity index (χ0n) is 16.2. The molecule has 1 aliphatic carbocycles. The van der Waals surface area contributed by atoms with Gasteiger partial charge in [-0.15, -0.1) is 0 Å². The first-order chi connectivity index (χ1) is 13.8. The molecule has 0 saturated heterocycles. The SMILES string of the molecule is Cc1cc(C)n(-c2cc(C(Br)c3ncco3)cc(NC3CCC(F)(F)CC3)n2)n1. The van der Waals surface area contributed by atoms with Crippen LogP contribution in [0.25, 0.3) is 5.82 Å². The predicted octanol–water partition coefficient (Wildman–Crippen LogP) is 5.35. The molecule has 154 valence electrons. The zero-order chi connectivity index (χ0) is 20.6. The highest BCUT2D eigenvalue weighted by Gasteiger charge is 2.35. The number of hydrogen-bond acceptors (Lipinski definition) is 5. The van der Waals surface area contributed by atoms with Crippen molar-refractivity contribution in [3.05, 3.63) is 53.5 Å². The van der Waals surface area contributed by atoms with Crippen molar-refractivity contribution in [1.82, 2.24) is 19.7 Å². The summed E-state index contributed by atoms with van der Waals surface area (Å²) in [4.78, 5) is 8.65. The summed E-state index contributed by atoms with van der Waals surface area (Å²) < 4.78 is 34.2. The summed E-state index contributed by atoms with van der Waals surface area (Å²) >= 11 is 3.64. The lowest BCUT2D eigenvalue weighted by Gasteiger charge is -2.29. The van der Waals surface area contributed by atoms with Gasteiger partial charge in [-0.3, -0.25) is 0 Å². The van der Waals surface area contributed by atoms with Gasteiger partial charge in [0, 0.05) is 24.6 Å². The van der Waals surface area contributed by atoms with Crippen LogP contribution < -0.4 is 5.32 Å². The standard InChI is InChI=1S/C20H22BrF2N5O/c1-12-9-13(2)28(27-12)17-11-14(18(21)19-24-7-8-29-19)10-16(26-17)25-15-3-5-20(22,23)6-4-15/h7-11,15,18H,3-6H2,1-2H3,(H,25,26). The summed E-state index contributed by atoms with van der Waals surface area (Å²) in [5.41, 5.74) is 2.73. The van der Waals surface area contributed by atoms with Crippen LogP contribution in [0.15, 0.2) is 35.1 Å². The van der Waals surface area contributed by atoms with Gasteiger partial charge < -0.3 is 9.73 Å². The Bertz CT molecular complexity index is 979. The van der Waals surface area contributed by atoms with Crippen LogP contribution >= 0.6 is 15.9 Å². The number of pyridine rings is 1. The first-order valence-corrected chi connectivity index (χ1v) is 10.5. The van der Waals surface area contributed by atoms with E-state index in [2.05, 4.69) is 31.3 Å². The van der Waals surface area contributed by atoms with E-state index >= 15 is 0 Å². The van der Waals surface area contributed by atoms with Gasteiger partial charge in [-0.1, -0.05) is 15.9 Å². The second kappa shape index (κ2) is 7.85. The minimum absolute atomic E-state index is 0.0406. The van der Waals surface area contributed by atoms with Crippen molar-refractivity contribution >= 4 is 21.7 Å². The molecule has 6 nitrogen and oxygen atoms in total. The van der Waals surface area contributed by atoms with Crippen molar-refractivity contribution in [2.45, 2.75) is 56.3 Å². The van der Waals surface area contributed by atoms with Crippen molar-refractivity contribution < 1.29 is 13.2 Å². The lowest BCUT2D eigenvalue weighted by Crippen LogP contribution is -2.32. The van der Waals surface area contributed by atoms with Crippen LogP contribution in [-0.4, -0.2) is 31.7 Å². The van der Waals surface area contributed by atoms with Gasteiger partial charge >= 0.3 is 0 Å². The van der Waals surface area contributed by atoms with Crippen molar-refractivity contribution in [2.24, 2.45) is 0 Å². The van der Waals surface area contributed by atoms with Crippen LogP contribution in [0.3, 0.4) is 0 Å². The number of nitrogens with zero attached hydrogens (tertiary/aromatic N) is 4. The molecule has 1 atom stereocenters. The lowest BCUT2D eigenvalue weighted by atomic mass is 9.92. The molecule has 4 rings (SSSR count). The fourth-order valence-electron chi connectivity index (χ4n) is 3.62. The van der Waals surface area contributed by atoms with E-state index in [0.717, 1.165) is 17.0 Å². The second-order valence-corrected chi connectivity index (χ2v) is 8.41. The number of aryl methyl sites for hydroxylation is 2. The first-order valence-electron chi connectivity index (χ1n) is 9.54. The summed E-state index contributed by atoms with van der Waals surface area (Å²) in [5.74, 6) is -0.767. The van der Waals surface area contributed by atoms with Gasteiger partial charge in [0.1, 0.15) is 16.9 Å². The summed E-state index contributed by atoms with van der Waals surface area (Å²) in [6, 6.07) is 5.75. The Morgan fingerprint density at radius 1 is 1.24 bits per heavy atom. The molecule has 0 aromatic carbocycles. The molecule has 1 unspecified atom stereocenters. The summed E-state index contributed by atoms with van der Waals surface area (Å²) in [5, 5.41) is 7.86. The number of oxazole rings is 1. The van der Waals surface area contributed by atoms with Crippen molar-refractivity contribution in [2.75, 3.05) is 5.32 Å². The number of halogens is 3. The van der Waals surface area contributed by atoms with E-state index < -0.39 is 5.92 Å². The Morgan fingerprint density at radius 3 is 2.62 bits per heavy atom. The third-order valence-corrected chi connectivity index (χ3v) is 6.01. The molecule has 0 radical (unpaired) electrons. The molecule has 0 bridgehead atoms. The van der Waals surface area contributed by atoms with Gasteiger partial charge in [0.05, 0.1) is 11.9 Å². The molecule has 0 amide bonds. The Kier molecular flexibility index (Phi) is 5.42. The van der Waals surface area contributed by atoms with Gasteiger partial charge in [0.2, 0.25) is 11.8 Å². The Morgan fingerprint density at radius 2 is 2.00 bits per heavy atom. The molecule has 1 N–H and O–H groups in total. The first kappa shape index (κ1) is 20.0. The molecule has 9 heteroatoms. The maximum atomic E-state index is 13.5. The van der Waals surface area contributed by atoms with Crippen LogP contribution in [0.4, 0.5) is 14.6 Å². The second-order valence-electron chi connectivity index (χ2n) is 7.49. The van der Waals surface area contributed by atoms with Crippen LogP contribution in [0.2, 0.25) is 0 Å².